The average Bonchev–Trinajstić information content (AvgIpc) is 2.63. The lowest BCUT2D eigenvalue weighted by Crippen LogP contribution is -2.33. The number of alkyl halides is 1. The number of thiophene rings is 1. The predicted octanol–water partition coefficient (Wildman–Crippen LogP) is 2.79. The lowest BCUT2D eigenvalue weighted by molar-refractivity contribution is -0.139. The number of rotatable bonds is 5. The van der Waals surface area contributed by atoms with E-state index in [4.69, 9.17) is 21.5 Å². The molecule has 1 aromatic rings. The smallest absolute Gasteiger partial charge is 0.431 e. The van der Waals surface area contributed by atoms with Crippen LogP contribution in [0.5, 0.6) is 0 Å². The van der Waals surface area contributed by atoms with Crippen molar-refractivity contribution in [1.82, 2.24) is 5.06 Å². The molecular formula is C9H12ClNO3S. The van der Waals surface area contributed by atoms with Crippen LogP contribution in [0.3, 0.4) is 0 Å². The van der Waals surface area contributed by atoms with Gasteiger partial charge in [0.1, 0.15) is 0 Å². The molecule has 0 aliphatic rings. The quantitative estimate of drug-likeness (QED) is 0.645. The fourth-order valence-electron chi connectivity index (χ4n) is 1.04. The molecule has 1 amide bonds. The van der Waals surface area contributed by atoms with Crippen molar-refractivity contribution in [1.29, 1.82) is 0 Å². The molecule has 1 N–H and O–H groups in total. The molecule has 1 heterocycles. The highest BCUT2D eigenvalue weighted by Gasteiger charge is 2.14. The van der Waals surface area contributed by atoms with Gasteiger partial charge in [0.2, 0.25) is 0 Å². The lowest BCUT2D eigenvalue weighted by Gasteiger charge is -2.19. The molecule has 0 bridgehead atoms. The van der Waals surface area contributed by atoms with Crippen LogP contribution in [0, 0.1) is 0 Å². The number of halogens is 1. The number of nitrogens with zero attached hydrogens (tertiary/aromatic N) is 1. The van der Waals surface area contributed by atoms with E-state index in [0.717, 1.165) is 9.94 Å². The molecule has 1 aromatic heterocycles. The van der Waals surface area contributed by atoms with Gasteiger partial charge in [-0.2, -0.15) is 5.06 Å². The molecule has 1 rings (SSSR count). The lowest BCUT2D eigenvalue weighted by atomic mass is 10.3. The van der Waals surface area contributed by atoms with E-state index in [1.807, 2.05) is 17.5 Å². The third-order valence-electron chi connectivity index (χ3n) is 1.63. The van der Waals surface area contributed by atoms with E-state index in [0.29, 0.717) is 6.42 Å². The number of hydrogen-bond acceptors (Lipinski definition) is 3. The second-order valence-electron chi connectivity index (χ2n) is 2.86. The predicted molar refractivity (Wildman–Crippen MR) is 59.2 cm³/mol. The van der Waals surface area contributed by atoms with Gasteiger partial charge in [0.05, 0.1) is 6.54 Å². The third-order valence-corrected chi connectivity index (χ3v) is 2.64. The summed E-state index contributed by atoms with van der Waals surface area (Å²) in [5.74, 6) is 0. The van der Waals surface area contributed by atoms with Crippen molar-refractivity contribution in [3.63, 3.8) is 0 Å². The Balaban J connectivity index is 2.41. The van der Waals surface area contributed by atoms with Gasteiger partial charge in [0.25, 0.3) is 0 Å². The molecule has 4 nitrogen and oxygen atoms in total. The minimum absolute atomic E-state index is 0.285. The first-order chi connectivity index (χ1) is 7.09. The molecule has 0 spiro atoms. The molecule has 0 aromatic carbocycles. The summed E-state index contributed by atoms with van der Waals surface area (Å²) in [4.78, 5) is 16.8. The van der Waals surface area contributed by atoms with Crippen molar-refractivity contribution in [2.45, 2.75) is 18.9 Å². The van der Waals surface area contributed by atoms with Crippen molar-refractivity contribution >= 4 is 29.0 Å². The highest BCUT2D eigenvalue weighted by molar-refractivity contribution is 7.09. The van der Waals surface area contributed by atoms with E-state index in [1.54, 1.807) is 18.3 Å². The Bertz CT molecular complexity index is 302. The fraction of sp³-hybridized carbons (Fsp3) is 0.444. The van der Waals surface area contributed by atoms with Gasteiger partial charge >= 0.3 is 6.09 Å². The second-order valence-corrected chi connectivity index (χ2v) is 4.51. The molecule has 0 aliphatic heterocycles. The van der Waals surface area contributed by atoms with Crippen molar-refractivity contribution < 1.29 is 14.7 Å². The summed E-state index contributed by atoms with van der Waals surface area (Å²) < 4.78 is 0. The van der Waals surface area contributed by atoms with Gasteiger partial charge in [-0.15, -0.1) is 11.3 Å². The first-order valence-electron chi connectivity index (χ1n) is 4.43. The van der Waals surface area contributed by atoms with Gasteiger partial charge in [-0.25, -0.2) is 9.63 Å². The van der Waals surface area contributed by atoms with Crippen molar-refractivity contribution in [2.75, 3.05) is 6.54 Å². The normalized spacial score (nSPS) is 12.4. The number of carboxylic acid groups (broad SMARTS) is 1. The Morgan fingerprint density at radius 1 is 1.80 bits per heavy atom. The summed E-state index contributed by atoms with van der Waals surface area (Å²) in [7, 11) is 0. The highest BCUT2D eigenvalue weighted by Crippen LogP contribution is 2.11. The van der Waals surface area contributed by atoms with Crippen molar-refractivity contribution in [3.8, 4) is 0 Å². The molecule has 1 unspecified atom stereocenters. The summed E-state index contributed by atoms with van der Waals surface area (Å²) >= 11 is 7.14. The molecule has 6 heteroatoms. The largest absolute Gasteiger partial charge is 0.463 e. The Morgan fingerprint density at radius 3 is 3.00 bits per heavy atom. The minimum Gasteiger partial charge on any atom is -0.463 e. The maximum atomic E-state index is 10.7. The molecule has 0 saturated heterocycles. The van der Waals surface area contributed by atoms with Crippen LogP contribution in [0.2, 0.25) is 0 Å². The van der Waals surface area contributed by atoms with Crippen LogP contribution in [-0.4, -0.2) is 28.4 Å². The van der Waals surface area contributed by atoms with Crippen LogP contribution in [0.1, 0.15) is 11.8 Å². The number of amides is 1. The van der Waals surface area contributed by atoms with Crippen LogP contribution in [0.4, 0.5) is 4.79 Å². The summed E-state index contributed by atoms with van der Waals surface area (Å²) in [6.45, 7) is 1.86. The summed E-state index contributed by atoms with van der Waals surface area (Å²) in [5, 5.41) is 11.6. The zero-order chi connectivity index (χ0) is 11.3. The van der Waals surface area contributed by atoms with E-state index >= 15 is 0 Å². The molecule has 0 saturated carbocycles. The van der Waals surface area contributed by atoms with Gasteiger partial charge in [-0.05, 0) is 18.4 Å². The Hall–Kier alpha value is -0.780. The molecule has 0 fully saturated rings. The Morgan fingerprint density at radius 2 is 2.53 bits per heavy atom. The molecule has 15 heavy (non-hydrogen) atoms. The average molecular weight is 250 g/mol. The zero-order valence-electron chi connectivity index (χ0n) is 8.22. The molecule has 0 radical (unpaired) electrons. The van der Waals surface area contributed by atoms with Crippen LogP contribution in [-0.2, 0) is 11.3 Å². The first kappa shape index (κ1) is 12.3. The maximum absolute atomic E-state index is 10.7. The van der Waals surface area contributed by atoms with Gasteiger partial charge in [0, 0.05) is 11.3 Å². The van der Waals surface area contributed by atoms with E-state index < -0.39 is 11.7 Å². The van der Waals surface area contributed by atoms with Crippen molar-refractivity contribution in [2.24, 2.45) is 0 Å². The number of carbonyl (C=O) groups is 1. The molecule has 0 aliphatic carbocycles. The van der Waals surface area contributed by atoms with Crippen molar-refractivity contribution in [3.05, 3.63) is 22.4 Å². The SMILES string of the molecule is CC(Cl)ON(CCc1cccs1)C(=O)O. The van der Waals surface area contributed by atoms with Crippen LogP contribution < -0.4 is 0 Å². The maximum Gasteiger partial charge on any atom is 0.431 e. The number of hydrogen-bond donors (Lipinski definition) is 1. The second kappa shape index (κ2) is 5.95. The van der Waals surface area contributed by atoms with E-state index in [2.05, 4.69) is 0 Å². The summed E-state index contributed by atoms with van der Waals surface area (Å²) in [6, 6.07) is 3.88. The standard InChI is InChI=1S/C9H12ClNO3S/c1-7(10)14-11(9(12)13)5-4-8-3-2-6-15-8/h2-3,6-7H,4-5H2,1H3,(H,12,13). The zero-order valence-corrected chi connectivity index (χ0v) is 9.79. The van der Waals surface area contributed by atoms with Gasteiger partial charge in [0.15, 0.2) is 5.56 Å². The molecule has 84 valence electrons. The highest BCUT2D eigenvalue weighted by atomic mass is 35.5. The Labute approximate surface area is 97.0 Å². The number of hydroxylamine groups is 2. The summed E-state index contributed by atoms with van der Waals surface area (Å²) in [6.07, 6.45) is -0.493. The first-order valence-corrected chi connectivity index (χ1v) is 5.75. The van der Waals surface area contributed by atoms with Gasteiger partial charge in [-0.3, -0.25) is 0 Å². The Kier molecular flexibility index (Phi) is 4.87. The monoisotopic (exact) mass is 249 g/mol. The molecule has 1 atom stereocenters. The molecular weight excluding hydrogens is 238 g/mol. The van der Waals surface area contributed by atoms with Gasteiger partial charge < -0.3 is 5.11 Å². The third kappa shape index (κ3) is 4.51. The van der Waals surface area contributed by atoms with Gasteiger partial charge in [-0.1, -0.05) is 17.7 Å². The van der Waals surface area contributed by atoms with Crippen LogP contribution >= 0.6 is 22.9 Å². The minimum atomic E-state index is -1.13. The van der Waals surface area contributed by atoms with E-state index in [1.165, 1.54) is 0 Å². The van der Waals surface area contributed by atoms with Crippen LogP contribution in [0.25, 0.3) is 0 Å². The summed E-state index contributed by atoms with van der Waals surface area (Å²) in [5.41, 5.74) is -0.649. The van der Waals surface area contributed by atoms with Crippen LogP contribution in [0.15, 0.2) is 17.5 Å². The fourth-order valence-corrected chi connectivity index (χ4v) is 1.83. The topological polar surface area (TPSA) is 49.8 Å². The van der Waals surface area contributed by atoms with E-state index in [-0.39, 0.29) is 6.54 Å². The van der Waals surface area contributed by atoms with E-state index in [9.17, 15) is 4.79 Å².